The van der Waals surface area contributed by atoms with Crippen LogP contribution in [-0.2, 0) is 12.6 Å². The summed E-state index contributed by atoms with van der Waals surface area (Å²) in [6.07, 6.45) is -4.28. The van der Waals surface area contributed by atoms with Crippen molar-refractivity contribution < 1.29 is 27.1 Å². The molecule has 2 N–H and O–H groups in total. The number of nitrogens with two attached hydrogens (primary N) is 1. The highest BCUT2D eigenvalue weighted by molar-refractivity contribution is 5.98. The average Bonchev–Trinajstić information content (AvgIpc) is 3.04. The standard InChI is InChI=1S/C18H16F3N3O3/c1-9(25)15-13(7-8-22)27-17(24-15)11-3-5-12(26-2)16-10(11)4-6-14(23-16)18(19,20)21/h3-6H,7-8,22H2,1-2H3. The smallest absolute Gasteiger partial charge is 0.433 e. The van der Waals surface area contributed by atoms with Gasteiger partial charge in [-0.1, -0.05) is 0 Å². The summed E-state index contributed by atoms with van der Waals surface area (Å²) in [6.45, 7) is 1.61. The summed E-state index contributed by atoms with van der Waals surface area (Å²) >= 11 is 0. The number of aromatic nitrogens is 2. The number of alkyl halides is 3. The molecule has 0 aliphatic heterocycles. The second-order valence-corrected chi connectivity index (χ2v) is 5.79. The van der Waals surface area contributed by atoms with Crippen LogP contribution in [0.2, 0.25) is 0 Å². The first-order valence-electron chi connectivity index (χ1n) is 8.02. The molecule has 2 aromatic heterocycles. The van der Waals surface area contributed by atoms with Crippen LogP contribution in [0.3, 0.4) is 0 Å². The Morgan fingerprint density at radius 3 is 2.56 bits per heavy atom. The monoisotopic (exact) mass is 379 g/mol. The Labute approximate surface area is 152 Å². The van der Waals surface area contributed by atoms with Gasteiger partial charge >= 0.3 is 6.18 Å². The van der Waals surface area contributed by atoms with E-state index < -0.39 is 11.9 Å². The Balaban J connectivity index is 2.24. The molecule has 0 spiro atoms. The van der Waals surface area contributed by atoms with E-state index >= 15 is 0 Å². The topological polar surface area (TPSA) is 91.2 Å². The molecule has 0 unspecified atom stereocenters. The first-order chi connectivity index (χ1) is 12.8. The summed E-state index contributed by atoms with van der Waals surface area (Å²) in [5.41, 5.74) is 5.07. The zero-order valence-electron chi connectivity index (χ0n) is 14.6. The molecule has 2 heterocycles. The molecule has 0 aliphatic rings. The van der Waals surface area contributed by atoms with Gasteiger partial charge in [-0.2, -0.15) is 13.2 Å². The number of benzene rings is 1. The highest BCUT2D eigenvalue weighted by atomic mass is 19.4. The second kappa shape index (κ2) is 6.99. The molecule has 0 fully saturated rings. The van der Waals surface area contributed by atoms with E-state index in [9.17, 15) is 18.0 Å². The number of halogens is 3. The van der Waals surface area contributed by atoms with Crippen LogP contribution in [0.5, 0.6) is 5.75 Å². The molecule has 142 valence electrons. The van der Waals surface area contributed by atoms with Gasteiger partial charge in [0.1, 0.15) is 28.4 Å². The molecule has 9 heteroatoms. The van der Waals surface area contributed by atoms with Crippen LogP contribution in [0.4, 0.5) is 13.2 Å². The second-order valence-electron chi connectivity index (χ2n) is 5.79. The number of hydrogen-bond donors (Lipinski definition) is 1. The van der Waals surface area contributed by atoms with E-state index in [0.717, 1.165) is 6.07 Å². The van der Waals surface area contributed by atoms with E-state index in [4.69, 9.17) is 14.9 Å². The fourth-order valence-corrected chi connectivity index (χ4v) is 2.74. The van der Waals surface area contributed by atoms with Crippen LogP contribution in [0.25, 0.3) is 22.4 Å². The maximum absolute atomic E-state index is 13.0. The number of rotatable bonds is 5. The van der Waals surface area contributed by atoms with Crippen LogP contribution in [0.1, 0.15) is 28.9 Å². The lowest BCUT2D eigenvalue weighted by atomic mass is 10.1. The predicted octanol–water partition coefficient (Wildman–Crippen LogP) is 3.62. The minimum atomic E-state index is -4.59. The maximum atomic E-state index is 13.0. The number of carbonyl (C=O) groups excluding carboxylic acids is 1. The van der Waals surface area contributed by atoms with Gasteiger partial charge in [0.2, 0.25) is 5.89 Å². The normalized spacial score (nSPS) is 11.8. The lowest BCUT2D eigenvalue weighted by molar-refractivity contribution is -0.140. The number of ether oxygens (including phenoxy) is 1. The summed E-state index contributed by atoms with van der Waals surface area (Å²) < 4.78 is 49.9. The molecule has 1 aromatic carbocycles. The van der Waals surface area contributed by atoms with Crippen LogP contribution in [0, 0.1) is 0 Å². The van der Waals surface area contributed by atoms with Crippen LogP contribution >= 0.6 is 0 Å². The summed E-state index contributed by atoms with van der Waals surface area (Å²) in [6, 6.07) is 5.23. The van der Waals surface area contributed by atoms with Gasteiger partial charge in [0.15, 0.2) is 5.78 Å². The zero-order valence-corrected chi connectivity index (χ0v) is 14.6. The Morgan fingerprint density at radius 2 is 1.96 bits per heavy atom. The number of fused-ring (bicyclic) bond motifs is 1. The van der Waals surface area contributed by atoms with E-state index in [2.05, 4.69) is 9.97 Å². The van der Waals surface area contributed by atoms with Crippen molar-refractivity contribution in [3.63, 3.8) is 0 Å². The van der Waals surface area contributed by atoms with Gasteiger partial charge in [0, 0.05) is 24.3 Å². The van der Waals surface area contributed by atoms with E-state index in [1.165, 1.54) is 26.2 Å². The largest absolute Gasteiger partial charge is 0.494 e. The fraction of sp³-hybridized carbons (Fsp3) is 0.278. The Morgan fingerprint density at radius 1 is 1.22 bits per heavy atom. The minimum absolute atomic E-state index is 0.0211. The van der Waals surface area contributed by atoms with Crippen molar-refractivity contribution >= 4 is 16.7 Å². The van der Waals surface area contributed by atoms with Gasteiger partial charge in [-0.15, -0.1) is 0 Å². The van der Waals surface area contributed by atoms with Crippen LogP contribution in [-0.4, -0.2) is 29.4 Å². The van der Waals surface area contributed by atoms with E-state index in [1.807, 2.05) is 0 Å². The quantitative estimate of drug-likeness (QED) is 0.681. The molecule has 0 amide bonds. The molecule has 0 bridgehead atoms. The molecule has 6 nitrogen and oxygen atoms in total. The number of Topliss-reactive ketones (excluding diaryl/α,β-unsaturated/α-hetero) is 1. The van der Waals surface area contributed by atoms with E-state index in [0.29, 0.717) is 23.1 Å². The predicted molar refractivity (Wildman–Crippen MR) is 91.6 cm³/mol. The minimum Gasteiger partial charge on any atom is -0.494 e. The maximum Gasteiger partial charge on any atom is 0.433 e. The van der Waals surface area contributed by atoms with Crippen molar-refractivity contribution in [2.45, 2.75) is 19.5 Å². The first kappa shape index (κ1) is 18.8. The Hall–Kier alpha value is -2.94. The molecule has 0 saturated carbocycles. The van der Waals surface area contributed by atoms with Crippen molar-refractivity contribution in [1.29, 1.82) is 0 Å². The fourth-order valence-electron chi connectivity index (χ4n) is 2.74. The Bertz CT molecular complexity index is 1010. The number of methoxy groups -OCH3 is 1. The van der Waals surface area contributed by atoms with Crippen molar-refractivity contribution in [3.05, 3.63) is 41.4 Å². The average molecular weight is 379 g/mol. The van der Waals surface area contributed by atoms with Gasteiger partial charge in [0.05, 0.1) is 7.11 Å². The summed E-state index contributed by atoms with van der Waals surface area (Å²) in [5.74, 6) is 0.339. The third-order valence-corrected chi connectivity index (χ3v) is 3.96. The van der Waals surface area contributed by atoms with Crippen LogP contribution in [0.15, 0.2) is 28.7 Å². The van der Waals surface area contributed by atoms with Crippen molar-refractivity contribution in [2.75, 3.05) is 13.7 Å². The van der Waals surface area contributed by atoms with Gasteiger partial charge < -0.3 is 14.9 Å². The highest BCUT2D eigenvalue weighted by Crippen LogP contribution is 2.36. The third kappa shape index (κ3) is 3.50. The number of oxazole rings is 1. The molecule has 27 heavy (non-hydrogen) atoms. The van der Waals surface area contributed by atoms with Gasteiger partial charge in [0.25, 0.3) is 0 Å². The SMILES string of the molecule is COc1ccc(-c2nc(C(C)=O)c(CCN)o2)c2ccc(C(F)(F)F)nc12. The summed E-state index contributed by atoms with van der Waals surface area (Å²) in [7, 11) is 1.34. The highest BCUT2D eigenvalue weighted by Gasteiger charge is 2.33. The van der Waals surface area contributed by atoms with Crippen molar-refractivity contribution in [3.8, 4) is 17.2 Å². The molecule has 0 aliphatic carbocycles. The number of nitrogens with zero attached hydrogens (tertiary/aromatic N) is 2. The molecular weight excluding hydrogens is 363 g/mol. The molecule has 0 atom stereocenters. The Kier molecular flexibility index (Phi) is 4.88. The summed E-state index contributed by atoms with van der Waals surface area (Å²) in [4.78, 5) is 19.7. The molecule has 0 radical (unpaired) electrons. The first-order valence-corrected chi connectivity index (χ1v) is 8.02. The van der Waals surface area contributed by atoms with Gasteiger partial charge in [-0.3, -0.25) is 4.79 Å². The number of carbonyl (C=O) groups is 1. The van der Waals surface area contributed by atoms with Gasteiger partial charge in [-0.25, -0.2) is 9.97 Å². The molecule has 0 saturated heterocycles. The third-order valence-electron chi connectivity index (χ3n) is 3.96. The number of ketones is 1. The van der Waals surface area contributed by atoms with Crippen LogP contribution < -0.4 is 10.5 Å². The van der Waals surface area contributed by atoms with Crippen molar-refractivity contribution in [1.82, 2.24) is 9.97 Å². The van der Waals surface area contributed by atoms with Crippen molar-refractivity contribution in [2.24, 2.45) is 5.73 Å². The van der Waals surface area contributed by atoms with E-state index in [-0.39, 0.29) is 35.2 Å². The number of hydrogen-bond acceptors (Lipinski definition) is 6. The lowest BCUT2D eigenvalue weighted by Crippen LogP contribution is -2.08. The lowest BCUT2D eigenvalue weighted by Gasteiger charge is -2.11. The van der Waals surface area contributed by atoms with Gasteiger partial charge in [-0.05, 0) is 30.8 Å². The summed E-state index contributed by atoms with van der Waals surface area (Å²) in [5, 5.41) is 0.359. The molecular formula is C18H16F3N3O3. The molecule has 3 aromatic rings. The molecule has 3 rings (SSSR count). The van der Waals surface area contributed by atoms with E-state index in [1.54, 1.807) is 6.07 Å². The zero-order chi connectivity index (χ0) is 19.8. The number of pyridine rings is 1.